The molecule has 1 saturated heterocycles. The van der Waals surface area contributed by atoms with Crippen molar-refractivity contribution >= 4 is 27.1 Å². The molecule has 9 heteroatoms. The Morgan fingerprint density at radius 3 is 2.68 bits per heavy atom. The van der Waals surface area contributed by atoms with Gasteiger partial charge in [-0.2, -0.15) is 8.78 Å². The fourth-order valence-electron chi connectivity index (χ4n) is 2.46. The van der Waals surface area contributed by atoms with E-state index in [1.54, 1.807) is 0 Å². The fourth-order valence-corrected chi connectivity index (χ4v) is 4.59. The summed E-state index contributed by atoms with van der Waals surface area (Å²) in [6, 6.07) is 0.990. The van der Waals surface area contributed by atoms with E-state index in [0.717, 1.165) is 17.4 Å². The highest BCUT2D eigenvalue weighted by molar-refractivity contribution is 7.92. The third kappa shape index (κ3) is 3.02. The van der Waals surface area contributed by atoms with Crippen LogP contribution in [0.5, 0.6) is 0 Å². The Kier molecular flexibility index (Phi) is 4.61. The van der Waals surface area contributed by atoms with Crippen LogP contribution in [0.4, 0.5) is 8.78 Å². The van der Waals surface area contributed by atoms with Crippen molar-refractivity contribution in [2.75, 3.05) is 13.1 Å². The number of hydrogen-bond acceptors (Lipinski definition) is 5. The van der Waals surface area contributed by atoms with Gasteiger partial charge in [0.15, 0.2) is 0 Å². The minimum Gasteiger partial charge on any atom is -0.337 e. The summed E-state index contributed by atoms with van der Waals surface area (Å²) in [5.41, 5.74) is 5.69. The largest absolute Gasteiger partial charge is 0.341 e. The van der Waals surface area contributed by atoms with E-state index < -0.39 is 26.4 Å². The number of sulfone groups is 1. The van der Waals surface area contributed by atoms with Gasteiger partial charge in [0.05, 0.1) is 4.90 Å². The Morgan fingerprint density at radius 1 is 1.50 bits per heavy atom. The predicted octanol–water partition coefficient (Wildman–Crippen LogP) is 1.94. The number of nitrogens with zero attached hydrogens (tertiary/aromatic N) is 1. The maximum atomic E-state index is 12.7. The van der Waals surface area contributed by atoms with Gasteiger partial charge in [-0.1, -0.05) is 13.8 Å². The fraction of sp³-hybridized carbons (Fsp3) is 0.615. The maximum absolute atomic E-state index is 12.7. The van der Waals surface area contributed by atoms with Crippen LogP contribution in [-0.2, 0) is 9.84 Å². The molecule has 1 aromatic heterocycles. The van der Waals surface area contributed by atoms with Crippen molar-refractivity contribution in [1.82, 2.24) is 4.90 Å². The molecule has 5 nitrogen and oxygen atoms in total. The monoisotopic (exact) mass is 352 g/mol. The lowest BCUT2D eigenvalue weighted by Crippen LogP contribution is -2.54. The van der Waals surface area contributed by atoms with Crippen molar-refractivity contribution in [3.05, 3.63) is 16.3 Å². The SMILES string of the molecule is CC1(C)CN(C(=O)c2sccc2S(=O)(=O)C(F)F)CCC1N. The average Bonchev–Trinajstić information content (AvgIpc) is 2.90. The summed E-state index contributed by atoms with van der Waals surface area (Å²) in [4.78, 5) is 13.3. The van der Waals surface area contributed by atoms with Gasteiger partial charge in [-0.25, -0.2) is 8.42 Å². The second-order valence-electron chi connectivity index (χ2n) is 6.03. The van der Waals surface area contributed by atoms with Crippen LogP contribution in [0, 0.1) is 5.41 Å². The van der Waals surface area contributed by atoms with E-state index in [9.17, 15) is 22.0 Å². The number of carbonyl (C=O) groups is 1. The maximum Gasteiger partial charge on any atom is 0.341 e. The molecule has 1 aliphatic heterocycles. The van der Waals surface area contributed by atoms with Gasteiger partial charge in [-0.05, 0) is 23.3 Å². The topological polar surface area (TPSA) is 80.5 Å². The number of nitrogens with two attached hydrogens (primary N) is 1. The number of piperidine rings is 1. The molecule has 2 heterocycles. The molecule has 0 bridgehead atoms. The zero-order chi connectivity index (χ0) is 16.7. The Bertz CT molecular complexity index is 671. The van der Waals surface area contributed by atoms with Gasteiger partial charge < -0.3 is 10.6 Å². The third-order valence-corrected chi connectivity index (χ3v) is 6.42. The number of alkyl halides is 2. The van der Waals surface area contributed by atoms with Crippen molar-refractivity contribution < 1.29 is 22.0 Å². The quantitative estimate of drug-likeness (QED) is 0.901. The van der Waals surface area contributed by atoms with E-state index in [1.165, 1.54) is 10.3 Å². The highest BCUT2D eigenvalue weighted by atomic mass is 32.2. The van der Waals surface area contributed by atoms with Gasteiger partial charge in [-0.15, -0.1) is 11.3 Å². The smallest absolute Gasteiger partial charge is 0.337 e. The third-order valence-electron chi connectivity index (χ3n) is 3.96. The zero-order valence-electron chi connectivity index (χ0n) is 12.3. The molecule has 0 spiro atoms. The first kappa shape index (κ1) is 17.3. The van der Waals surface area contributed by atoms with E-state index in [0.29, 0.717) is 19.5 Å². The van der Waals surface area contributed by atoms with E-state index in [2.05, 4.69) is 0 Å². The molecule has 1 unspecified atom stereocenters. The number of hydrogen-bond donors (Lipinski definition) is 1. The Balaban J connectivity index is 2.31. The minimum absolute atomic E-state index is 0.0656. The highest BCUT2D eigenvalue weighted by Gasteiger charge is 2.38. The number of halogens is 2. The summed E-state index contributed by atoms with van der Waals surface area (Å²) in [5.74, 6) is -4.07. The normalized spacial score (nSPS) is 22.1. The lowest BCUT2D eigenvalue weighted by Gasteiger charge is -2.42. The summed E-state index contributed by atoms with van der Waals surface area (Å²) in [7, 11) is -4.78. The highest BCUT2D eigenvalue weighted by Crippen LogP contribution is 2.32. The first-order valence-electron chi connectivity index (χ1n) is 6.72. The van der Waals surface area contributed by atoms with Crippen LogP contribution in [0.25, 0.3) is 0 Å². The molecule has 0 radical (unpaired) electrons. The average molecular weight is 352 g/mol. The molecule has 1 fully saturated rings. The number of thiophene rings is 1. The number of rotatable bonds is 3. The van der Waals surface area contributed by atoms with Gasteiger partial charge in [-0.3, -0.25) is 4.79 Å². The summed E-state index contributed by atoms with van der Waals surface area (Å²) >= 11 is 0.862. The summed E-state index contributed by atoms with van der Waals surface area (Å²) < 4.78 is 48.7. The Labute approximate surface area is 132 Å². The molecule has 2 rings (SSSR count). The zero-order valence-corrected chi connectivity index (χ0v) is 13.9. The van der Waals surface area contributed by atoms with Crippen LogP contribution in [0.1, 0.15) is 29.9 Å². The van der Waals surface area contributed by atoms with Crippen LogP contribution < -0.4 is 5.73 Å². The summed E-state index contributed by atoms with van der Waals surface area (Å²) in [5, 5.41) is 1.34. The van der Waals surface area contributed by atoms with Crippen LogP contribution in [0.15, 0.2) is 16.3 Å². The van der Waals surface area contributed by atoms with E-state index in [-0.39, 0.29) is 16.3 Å². The van der Waals surface area contributed by atoms with Crippen molar-refractivity contribution in [3.8, 4) is 0 Å². The van der Waals surface area contributed by atoms with Crippen LogP contribution in [-0.4, -0.2) is 44.1 Å². The molecule has 1 atom stereocenters. The lowest BCUT2D eigenvalue weighted by molar-refractivity contribution is 0.0534. The molecule has 2 N–H and O–H groups in total. The Hall–Kier alpha value is -1.06. The molecule has 1 amide bonds. The summed E-state index contributed by atoms with van der Waals surface area (Å²) in [6.07, 6.45) is 0.584. The van der Waals surface area contributed by atoms with Gasteiger partial charge in [0.25, 0.3) is 5.91 Å². The molecular weight excluding hydrogens is 334 g/mol. The number of amides is 1. The van der Waals surface area contributed by atoms with Crippen molar-refractivity contribution in [3.63, 3.8) is 0 Å². The van der Waals surface area contributed by atoms with Crippen molar-refractivity contribution in [2.45, 2.75) is 37.0 Å². The molecule has 0 aromatic carbocycles. The Morgan fingerprint density at radius 2 is 2.14 bits per heavy atom. The second-order valence-corrected chi connectivity index (χ2v) is 8.83. The molecule has 1 aromatic rings. The predicted molar refractivity (Wildman–Crippen MR) is 79.8 cm³/mol. The standard InChI is InChI=1S/C13H18F2N2O3S2/c1-13(2)7-17(5-3-9(13)16)11(18)10-8(4-6-21-10)22(19,20)12(14)15/h4,6,9,12H,3,5,7,16H2,1-2H3. The first-order chi connectivity index (χ1) is 10.1. The van der Waals surface area contributed by atoms with E-state index in [1.807, 2.05) is 13.8 Å². The van der Waals surface area contributed by atoms with Gasteiger partial charge in [0.1, 0.15) is 4.88 Å². The molecule has 0 aliphatic carbocycles. The van der Waals surface area contributed by atoms with Crippen LogP contribution >= 0.6 is 11.3 Å². The molecule has 124 valence electrons. The van der Waals surface area contributed by atoms with Gasteiger partial charge >= 0.3 is 5.76 Å². The van der Waals surface area contributed by atoms with Gasteiger partial charge in [0, 0.05) is 19.1 Å². The molecule has 0 saturated carbocycles. The van der Waals surface area contributed by atoms with Crippen molar-refractivity contribution in [2.24, 2.45) is 11.1 Å². The first-order valence-corrected chi connectivity index (χ1v) is 9.14. The molecular formula is C13H18F2N2O3S2. The molecule has 1 aliphatic rings. The van der Waals surface area contributed by atoms with Crippen LogP contribution in [0.3, 0.4) is 0 Å². The lowest BCUT2D eigenvalue weighted by atomic mass is 9.79. The van der Waals surface area contributed by atoms with Crippen molar-refractivity contribution in [1.29, 1.82) is 0 Å². The number of likely N-dealkylation sites (tertiary alicyclic amines) is 1. The van der Waals surface area contributed by atoms with E-state index >= 15 is 0 Å². The number of carbonyl (C=O) groups excluding carboxylic acids is 1. The van der Waals surface area contributed by atoms with Gasteiger partial charge in [0.2, 0.25) is 9.84 Å². The van der Waals surface area contributed by atoms with E-state index in [4.69, 9.17) is 5.73 Å². The summed E-state index contributed by atoms with van der Waals surface area (Å²) in [6.45, 7) is 4.58. The molecule has 22 heavy (non-hydrogen) atoms. The minimum atomic E-state index is -4.78. The second kappa shape index (κ2) is 5.86. The van der Waals surface area contributed by atoms with Crippen LogP contribution in [0.2, 0.25) is 0 Å².